The first-order valence-corrected chi connectivity index (χ1v) is 9.74. The molecule has 9 heteroatoms. The van der Waals surface area contributed by atoms with Gasteiger partial charge in [0.1, 0.15) is 6.54 Å². The molecule has 0 spiro atoms. The molecule has 1 amide bonds. The van der Waals surface area contributed by atoms with Crippen molar-refractivity contribution in [2.45, 2.75) is 26.2 Å². The summed E-state index contributed by atoms with van der Waals surface area (Å²) < 4.78 is 36.5. The Hall–Kier alpha value is -3.75. The van der Waals surface area contributed by atoms with Gasteiger partial charge in [-0.2, -0.15) is 5.10 Å². The van der Waals surface area contributed by atoms with Crippen LogP contribution in [0.15, 0.2) is 53.5 Å². The molecule has 0 radical (unpaired) electrons. The minimum Gasteiger partial charge on any atom is -0.395 e. The van der Waals surface area contributed by atoms with E-state index in [1.54, 1.807) is 13.1 Å². The number of anilines is 1. The van der Waals surface area contributed by atoms with Crippen LogP contribution in [0.25, 0.3) is 11.1 Å². The first kappa shape index (κ1) is 19.2. The fourth-order valence-corrected chi connectivity index (χ4v) is 3.99. The predicted molar refractivity (Wildman–Crippen MR) is 107 cm³/mol. The van der Waals surface area contributed by atoms with Gasteiger partial charge in [-0.3, -0.25) is 9.59 Å². The summed E-state index contributed by atoms with van der Waals surface area (Å²) in [6.07, 6.45) is -1.63. The molecule has 0 atom stereocenters. The Kier molecular flexibility index (Phi) is 4.28. The molecule has 5 rings (SSSR count). The van der Waals surface area contributed by atoms with E-state index in [0.29, 0.717) is 17.7 Å². The zero-order chi connectivity index (χ0) is 21.8. The zero-order valence-electron chi connectivity index (χ0n) is 16.5. The standard InChI is InChI=1S/C22H17F2N3O4/c1-2-26(14-7-8-18-19(10-14)31-22(23,24)30-18)20(28)12-27-21(29)16-9-13-5-3-4-6-15(13)17(16)11-25-27/h3-8,10-11H,2,9,12H2,1H3. The second kappa shape index (κ2) is 6.90. The van der Waals surface area contributed by atoms with E-state index in [9.17, 15) is 18.4 Å². The van der Waals surface area contributed by atoms with Gasteiger partial charge < -0.3 is 14.4 Å². The number of rotatable bonds is 4. The molecule has 158 valence electrons. The van der Waals surface area contributed by atoms with Crippen molar-refractivity contribution in [1.29, 1.82) is 0 Å². The Bertz CT molecular complexity index is 1270. The zero-order valence-corrected chi connectivity index (χ0v) is 16.5. The van der Waals surface area contributed by atoms with E-state index in [0.717, 1.165) is 21.4 Å². The average Bonchev–Trinajstić information content (AvgIpc) is 3.26. The molecule has 0 N–H and O–H groups in total. The first-order valence-electron chi connectivity index (χ1n) is 9.74. The van der Waals surface area contributed by atoms with Crippen LogP contribution < -0.4 is 19.9 Å². The normalized spacial score (nSPS) is 14.8. The first-order chi connectivity index (χ1) is 14.9. The van der Waals surface area contributed by atoms with Crippen molar-refractivity contribution in [2.24, 2.45) is 0 Å². The number of fused-ring (bicyclic) bond motifs is 4. The Labute approximate surface area is 175 Å². The largest absolute Gasteiger partial charge is 0.586 e. The fraction of sp³-hybridized carbons (Fsp3) is 0.227. The van der Waals surface area contributed by atoms with Crippen molar-refractivity contribution in [3.8, 4) is 22.6 Å². The van der Waals surface area contributed by atoms with Gasteiger partial charge in [0.25, 0.3) is 5.56 Å². The predicted octanol–water partition coefficient (Wildman–Crippen LogP) is 3.19. The molecule has 2 heterocycles. The van der Waals surface area contributed by atoms with Crippen LogP contribution in [0, 0.1) is 0 Å². The molecular formula is C22H17F2N3O4. The van der Waals surface area contributed by atoms with E-state index in [2.05, 4.69) is 14.6 Å². The number of carbonyl (C=O) groups is 1. The maximum Gasteiger partial charge on any atom is 0.586 e. The van der Waals surface area contributed by atoms with Crippen molar-refractivity contribution < 1.29 is 23.0 Å². The molecule has 1 aliphatic heterocycles. The molecule has 0 unspecified atom stereocenters. The minimum atomic E-state index is -3.73. The summed E-state index contributed by atoms with van der Waals surface area (Å²) in [6.45, 7) is 1.73. The van der Waals surface area contributed by atoms with Crippen LogP contribution in [0.2, 0.25) is 0 Å². The monoisotopic (exact) mass is 425 g/mol. The molecule has 0 bridgehead atoms. The summed E-state index contributed by atoms with van der Waals surface area (Å²) >= 11 is 0. The van der Waals surface area contributed by atoms with E-state index in [4.69, 9.17) is 0 Å². The molecule has 2 aliphatic rings. The maximum absolute atomic E-state index is 13.3. The molecule has 0 saturated heterocycles. The summed E-state index contributed by atoms with van der Waals surface area (Å²) in [5.41, 5.74) is 3.46. The van der Waals surface area contributed by atoms with Crippen LogP contribution in [0.3, 0.4) is 0 Å². The van der Waals surface area contributed by atoms with Crippen molar-refractivity contribution in [3.05, 3.63) is 70.1 Å². The van der Waals surface area contributed by atoms with Gasteiger partial charge >= 0.3 is 6.29 Å². The molecule has 2 aromatic carbocycles. The second-order valence-electron chi connectivity index (χ2n) is 7.27. The molecular weight excluding hydrogens is 408 g/mol. The number of hydrogen-bond acceptors (Lipinski definition) is 5. The number of ether oxygens (including phenoxy) is 2. The van der Waals surface area contributed by atoms with Gasteiger partial charge in [0, 0.05) is 35.8 Å². The fourth-order valence-electron chi connectivity index (χ4n) is 3.99. The van der Waals surface area contributed by atoms with Gasteiger partial charge in [0.15, 0.2) is 11.5 Å². The molecule has 31 heavy (non-hydrogen) atoms. The van der Waals surface area contributed by atoms with Gasteiger partial charge in [0.2, 0.25) is 5.91 Å². The summed E-state index contributed by atoms with van der Waals surface area (Å²) in [5.74, 6) is -0.661. The summed E-state index contributed by atoms with van der Waals surface area (Å²) in [7, 11) is 0. The minimum absolute atomic E-state index is 0.103. The number of halogens is 2. The number of likely N-dealkylation sites (N-methyl/N-ethyl adjacent to an activating group) is 1. The third kappa shape index (κ3) is 3.22. The molecule has 3 aromatic rings. The van der Waals surface area contributed by atoms with Crippen LogP contribution in [-0.2, 0) is 17.8 Å². The van der Waals surface area contributed by atoms with Crippen LogP contribution in [0.4, 0.5) is 14.5 Å². The van der Waals surface area contributed by atoms with Crippen molar-refractivity contribution in [3.63, 3.8) is 0 Å². The third-order valence-corrected chi connectivity index (χ3v) is 5.42. The summed E-state index contributed by atoms with van der Waals surface area (Å²) in [6, 6.07) is 11.8. The second-order valence-corrected chi connectivity index (χ2v) is 7.27. The van der Waals surface area contributed by atoms with Crippen molar-refractivity contribution >= 4 is 11.6 Å². The van der Waals surface area contributed by atoms with E-state index < -0.39 is 12.2 Å². The Morgan fingerprint density at radius 2 is 1.94 bits per heavy atom. The van der Waals surface area contributed by atoms with Crippen LogP contribution >= 0.6 is 0 Å². The maximum atomic E-state index is 13.3. The smallest absolute Gasteiger partial charge is 0.395 e. The van der Waals surface area contributed by atoms with Crippen molar-refractivity contribution in [2.75, 3.05) is 11.4 Å². The Morgan fingerprint density at radius 1 is 1.16 bits per heavy atom. The lowest BCUT2D eigenvalue weighted by atomic mass is 10.1. The highest BCUT2D eigenvalue weighted by molar-refractivity contribution is 5.93. The summed E-state index contributed by atoms with van der Waals surface area (Å²) in [5, 5.41) is 4.19. The molecule has 1 aliphatic carbocycles. The molecule has 1 aromatic heterocycles. The van der Waals surface area contributed by atoms with E-state index in [-0.39, 0.29) is 30.1 Å². The molecule has 0 fully saturated rings. The number of aromatic nitrogens is 2. The average molecular weight is 425 g/mol. The number of nitrogens with zero attached hydrogens (tertiary/aromatic N) is 3. The quantitative estimate of drug-likeness (QED) is 0.502. The number of alkyl halides is 2. The van der Waals surface area contributed by atoms with Crippen molar-refractivity contribution in [1.82, 2.24) is 9.78 Å². The highest BCUT2D eigenvalue weighted by atomic mass is 19.3. The van der Waals surface area contributed by atoms with E-state index in [1.807, 2.05) is 24.3 Å². The van der Waals surface area contributed by atoms with E-state index in [1.165, 1.54) is 23.1 Å². The van der Waals surface area contributed by atoms with Gasteiger partial charge in [0.05, 0.1) is 6.20 Å². The van der Waals surface area contributed by atoms with Gasteiger partial charge in [-0.1, -0.05) is 24.3 Å². The highest BCUT2D eigenvalue weighted by Gasteiger charge is 2.43. The topological polar surface area (TPSA) is 73.7 Å². The van der Waals surface area contributed by atoms with Gasteiger partial charge in [-0.05, 0) is 30.2 Å². The Morgan fingerprint density at radius 3 is 2.74 bits per heavy atom. The lowest BCUT2D eigenvalue weighted by Crippen LogP contribution is -2.38. The lowest BCUT2D eigenvalue weighted by Gasteiger charge is -2.21. The number of carbonyl (C=O) groups excluding carboxylic acids is 1. The van der Waals surface area contributed by atoms with Crippen LogP contribution in [-0.4, -0.2) is 28.5 Å². The number of benzene rings is 2. The molecule has 0 saturated carbocycles. The SMILES string of the molecule is CCN(C(=O)Cn1ncc2c(c1=O)Cc1ccccc1-2)c1ccc2c(c1)OC(F)(F)O2. The molecule has 7 nitrogen and oxygen atoms in total. The number of amides is 1. The third-order valence-electron chi connectivity index (χ3n) is 5.42. The highest BCUT2D eigenvalue weighted by Crippen LogP contribution is 2.43. The van der Waals surface area contributed by atoms with Gasteiger partial charge in [-0.15, -0.1) is 8.78 Å². The lowest BCUT2D eigenvalue weighted by molar-refractivity contribution is -0.286. The van der Waals surface area contributed by atoms with Crippen LogP contribution in [0.5, 0.6) is 11.5 Å². The van der Waals surface area contributed by atoms with Crippen LogP contribution in [0.1, 0.15) is 18.1 Å². The summed E-state index contributed by atoms with van der Waals surface area (Å²) in [4.78, 5) is 27.3. The number of hydrogen-bond donors (Lipinski definition) is 0. The van der Waals surface area contributed by atoms with E-state index >= 15 is 0 Å². The van der Waals surface area contributed by atoms with Gasteiger partial charge in [-0.25, -0.2) is 4.68 Å². The Balaban J connectivity index is 1.40.